The Hall–Kier alpha value is -0.980. The summed E-state index contributed by atoms with van der Waals surface area (Å²) in [5.74, 6) is 1.01. The van der Waals surface area contributed by atoms with E-state index in [1.165, 1.54) is 24.8 Å². The van der Waals surface area contributed by atoms with Crippen molar-refractivity contribution in [1.29, 1.82) is 0 Å². The molecular weight excluding hydrogens is 172 g/mol. The van der Waals surface area contributed by atoms with Crippen molar-refractivity contribution in [3.05, 3.63) is 29.3 Å². The Bertz CT molecular complexity index is 291. The second-order valence-electron chi connectivity index (χ2n) is 4.09. The first-order chi connectivity index (χ1) is 6.65. The molecular formula is C13H20O. The largest absolute Gasteiger partial charge is 0.508 e. The molecule has 1 aromatic carbocycles. The molecule has 1 N–H and O–H groups in total. The van der Waals surface area contributed by atoms with Gasteiger partial charge in [-0.25, -0.2) is 0 Å². The molecule has 0 heterocycles. The van der Waals surface area contributed by atoms with Gasteiger partial charge < -0.3 is 5.11 Å². The van der Waals surface area contributed by atoms with Crippen LogP contribution in [-0.2, 0) is 0 Å². The van der Waals surface area contributed by atoms with Crippen LogP contribution in [0.1, 0.15) is 50.2 Å². The Kier molecular flexibility index (Phi) is 3.99. The van der Waals surface area contributed by atoms with E-state index in [-0.39, 0.29) is 0 Å². The fourth-order valence-corrected chi connectivity index (χ4v) is 1.66. The topological polar surface area (TPSA) is 20.2 Å². The Morgan fingerprint density at radius 3 is 2.64 bits per heavy atom. The van der Waals surface area contributed by atoms with E-state index in [1.807, 2.05) is 13.0 Å². The second kappa shape index (κ2) is 5.04. The summed E-state index contributed by atoms with van der Waals surface area (Å²) in [6, 6.07) is 5.92. The zero-order valence-corrected chi connectivity index (χ0v) is 9.38. The van der Waals surface area contributed by atoms with Crippen molar-refractivity contribution in [2.24, 2.45) is 0 Å². The molecule has 0 fully saturated rings. The third kappa shape index (κ3) is 2.76. The smallest absolute Gasteiger partial charge is 0.118 e. The van der Waals surface area contributed by atoms with Gasteiger partial charge >= 0.3 is 0 Å². The fraction of sp³-hybridized carbons (Fsp3) is 0.538. The predicted octanol–water partition coefficient (Wildman–Crippen LogP) is 3.99. The van der Waals surface area contributed by atoms with E-state index < -0.39 is 0 Å². The van der Waals surface area contributed by atoms with Crippen molar-refractivity contribution in [1.82, 2.24) is 0 Å². The van der Waals surface area contributed by atoms with Crippen LogP contribution in [0.25, 0.3) is 0 Å². The van der Waals surface area contributed by atoms with Gasteiger partial charge in [-0.05, 0) is 36.5 Å². The summed E-state index contributed by atoms with van der Waals surface area (Å²) < 4.78 is 0. The molecule has 0 saturated carbocycles. The van der Waals surface area contributed by atoms with Crippen molar-refractivity contribution in [2.75, 3.05) is 0 Å². The molecule has 0 bridgehead atoms. The van der Waals surface area contributed by atoms with Gasteiger partial charge in [-0.3, -0.25) is 0 Å². The molecule has 0 aliphatic carbocycles. The third-order valence-electron chi connectivity index (χ3n) is 2.78. The predicted molar refractivity (Wildman–Crippen MR) is 60.8 cm³/mol. The molecule has 1 nitrogen and oxygen atoms in total. The average molecular weight is 192 g/mol. The number of phenolic OH excluding ortho intramolecular Hbond substituents is 1. The molecule has 1 rings (SSSR count). The molecule has 0 aliphatic rings. The van der Waals surface area contributed by atoms with Crippen LogP contribution in [0, 0.1) is 6.92 Å². The normalized spacial score (nSPS) is 12.8. The van der Waals surface area contributed by atoms with Gasteiger partial charge in [0.25, 0.3) is 0 Å². The Labute approximate surface area is 86.8 Å². The monoisotopic (exact) mass is 192 g/mol. The van der Waals surface area contributed by atoms with Crippen LogP contribution in [0.5, 0.6) is 5.75 Å². The van der Waals surface area contributed by atoms with Crippen LogP contribution in [0.3, 0.4) is 0 Å². The maximum Gasteiger partial charge on any atom is 0.118 e. The van der Waals surface area contributed by atoms with E-state index >= 15 is 0 Å². The lowest BCUT2D eigenvalue weighted by atomic mass is 9.94. The van der Waals surface area contributed by atoms with Gasteiger partial charge in [0, 0.05) is 0 Å². The number of rotatable bonds is 4. The molecule has 0 aromatic heterocycles. The third-order valence-corrected chi connectivity index (χ3v) is 2.78. The molecule has 0 radical (unpaired) electrons. The molecule has 0 amide bonds. The maximum atomic E-state index is 9.40. The van der Waals surface area contributed by atoms with Gasteiger partial charge in [-0.1, -0.05) is 38.8 Å². The summed E-state index contributed by atoms with van der Waals surface area (Å²) in [7, 11) is 0. The molecule has 78 valence electrons. The summed E-state index contributed by atoms with van der Waals surface area (Å²) in [5.41, 5.74) is 2.32. The summed E-state index contributed by atoms with van der Waals surface area (Å²) in [5, 5.41) is 9.40. The van der Waals surface area contributed by atoms with Gasteiger partial charge in [0.05, 0.1) is 0 Å². The van der Waals surface area contributed by atoms with Gasteiger partial charge in [-0.2, -0.15) is 0 Å². The van der Waals surface area contributed by atoms with Gasteiger partial charge in [-0.15, -0.1) is 0 Å². The van der Waals surface area contributed by atoms with E-state index in [2.05, 4.69) is 19.9 Å². The Balaban J connectivity index is 2.70. The number of unbranched alkanes of at least 4 members (excludes halogenated alkanes) is 1. The first kappa shape index (κ1) is 11.1. The zero-order valence-electron chi connectivity index (χ0n) is 9.38. The van der Waals surface area contributed by atoms with E-state index in [9.17, 15) is 5.11 Å². The summed E-state index contributed by atoms with van der Waals surface area (Å²) in [6.07, 6.45) is 3.77. The van der Waals surface area contributed by atoms with Crippen LogP contribution in [0.15, 0.2) is 18.2 Å². The minimum Gasteiger partial charge on any atom is -0.508 e. The van der Waals surface area contributed by atoms with E-state index in [0.29, 0.717) is 11.7 Å². The highest BCUT2D eigenvalue weighted by atomic mass is 16.3. The number of hydrogen-bond acceptors (Lipinski definition) is 1. The number of aryl methyl sites for hydroxylation is 1. The van der Waals surface area contributed by atoms with Gasteiger partial charge in [0.1, 0.15) is 5.75 Å². The number of benzene rings is 1. The Morgan fingerprint density at radius 2 is 2.07 bits per heavy atom. The fourth-order valence-electron chi connectivity index (χ4n) is 1.66. The number of phenols is 1. The van der Waals surface area contributed by atoms with Crippen molar-refractivity contribution in [3.8, 4) is 5.75 Å². The molecule has 1 heteroatoms. The molecule has 1 unspecified atom stereocenters. The number of hydrogen-bond donors (Lipinski definition) is 1. The van der Waals surface area contributed by atoms with Crippen LogP contribution in [0.4, 0.5) is 0 Å². The lowest BCUT2D eigenvalue weighted by Gasteiger charge is -2.12. The van der Waals surface area contributed by atoms with Crippen LogP contribution < -0.4 is 0 Å². The van der Waals surface area contributed by atoms with Crippen LogP contribution in [0.2, 0.25) is 0 Å². The summed E-state index contributed by atoms with van der Waals surface area (Å²) >= 11 is 0. The van der Waals surface area contributed by atoms with Crippen LogP contribution in [-0.4, -0.2) is 5.11 Å². The lowest BCUT2D eigenvalue weighted by Crippen LogP contribution is -1.93. The SMILES string of the molecule is CCCCC(C)c1ccc(O)c(C)c1. The first-order valence-corrected chi connectivity index (χ1v) is 5.44. The summed E-state index contributed by atoms with van der Waals surface area (Å²) in [4.78, 5) is 0. The van der Waals surface area contributed by atoms with Crippen molar-refractivity contribution >= 4 is 0 Å². The van der Waals surface area contributed by atoms with E-state index in [1.54, 1.807) is 6.07 Å². The van der Waals surface area contributed by atoms with Crippen molar-refractivity contribution in [3.63, 3.8) is 0 Å². The standard InChI is InChI=1S/C13H20O/c1-4-5-6-10(2)12-7-8-13(14)11(3)9-12/h7-10,14H,4-6H2,1-3H3. The average Bonchev–Trinajstić information content (AvgIpc) is 2.18. The highest BCUT2D eigenvalue weighted by Gasteiger charge is 2.06. The minimum atomic E-state index is 0.399. The lowest BCUT2D eigenvalue weighted by molar-refractivity contribution is 0.470. The second-order valence-corrected chi connectivity index (χ2v) is 4.09. The van der Waals surface area contributed by atoms with Crippen molar-refractivity contribution < 1.29 is 5.11 Å². The summed E-state index contributed by atoms with van der Waals surface area (Å²) in [6.45, 7) is 6.42. The van der Waals surface area contributed by atoms with E-state index in [0.717, 1.165) is 5.56 Å². The molecule has 0 spiro atoms. The molecule has 0 aliphatic heterocycles. The zero-order chi connectivity index (χ0) is 10.6. The Morgan fingerprint density at radius 1 is 1.36 bits per heavy atom. The van der Waals surface area contributed by atoms with Gasteiger partial charge in [0.2, 0.25) is 0 Å². The van der Waals surface area contributed by atoms with E-state index in [4.69, 9.17) is 0 Å². The maximum absolute atomic E-state index is 9.40. The minimum absolute atomic E-state index is 0.399. The highest BCUT2D eigenvalue weighted by Crippen LogP contribution is 2.25. The molecule has 1 aromatic rings. The quantitative estimate of drug-likeness (QED) is 0.764. The van der Waals surface area contributed by atoms with Crippen LogP contribution >= 0.6 is 0 Å². The number of aromatic hydroxyl groups is 1. The van der Waals surface area contributed by atoms with Crippen molar-refractivity contribution in [2.45, 2.75) is 46.0 Å². The molecule has 14 heavy (non-hydrogen) atoms. The first-order valence-electron chi connectivity index (χ1n) is 5.44. The highest BCUT2D eigenvalue weighted by molar-refractivity contribution is 5.36. The molecule has 0 saturated heterocycles. The molecule has 1 atom stereocenters. The van der Waals surface area contributed by atoms with Gasteiger partial charge in [0.15, 0.2) is 0 Å².